The van der Waals surface area contributed by atoms with Gasteiger partial charge in [-0.15, -0.1) is 0 Å². The van der Waals surface area contributed by atoms with Gasteiger partial charge >= 0.3 is 12.0 Å². The predicted octanol–water partition coefficient (Wildman–Crippen LogP) is 3.37. The largest absolute Gasteiger partial charge is 0.452 e. The topological polar surface area (TPSA) is 128 Å². The Morgan fingerprint density at radius 1 is 1.18 bits per heavy atom. The molecule has 0 fully saturated rings. The third-order valence-corrected chi connectivity index (χ3v) is 4.14. The predicted molar refractivity (Wildman–Crippen MR) is 101 cm³/mol. The number of nitrogens with one attached hydrogen (secondary N) is 2. The van der Waals surface area contributed by atoms with Crippen molar-refractivity contribution in [2.24, 2.45) is 0 Å². The van der Waals surface area contributed by atoms with Crippen molar-refractivity contribution in [1.29, 1.82) is 0 Å². The minimum atomic E-state index is -0.968. The van der Waals surface area contributed by atoms with E-state index in [1.165, 1.54) is 12.1 Å². The molecule has 0 aromatic heterocycles. The normalized spacial score (nSPS) is 10.1. The number of benzene rings is 2. The summed E-state index contributed by atoms with van der Waals surface area (Å²) in [5.74, 6) is -1.83. The van der Waals surface area contributed by atoms with Gasteiger partial charge in [0.15, 0.2) is 6.61 Å². The van der Waals surface area contributed by atoms with E-state index in [2.05, 4.69) is 5.32 Å². The number of rotatable bonds is 5. The molecule has 0 radical (unpaired) electrons. The van der Waals surface area contributed by atoms with Gasteiger partial charge in [-0.3, -0.25) is 20.2 Å². The van der Waals surface area contributed by atoms with E-state index in [1.807, 2.05) is 25.2 Å². The average molecular weight is 406 g/mol. The molecule has 0 spiro atoms. The summed E-state index contributed by atoms with van der Waals surface area (Å²) in [6.45, 7) is 2.96. The van der Waals surface area contributed by atoms with Crippen LogP contribution in [0.25, 0.3) is 0 Å². The molecule has 0 aliphatic carbocycles. The van der Waals surface area contributed by atoms with Crippen LogP contribution < -0.4 is 10.6 Å². The number of carbonyl (C=O) groups excluding carboxylic acids is 3. The molecule has 0 heterocycles. The van der Waals surface area contributed by atoms with Crippen LogP contribution >= 0.6 is 11.6 Å². The number of nitrogens with zero attached hydrogens (tertiary/aromatic N) is 1. The standard InChI is InChI=1S/C18H16ClN3O6/c1-10-4-3-5-14(11(10)2)20-18(25)21-16(23)9-28-17(24)12-6-7-13(19)15(8-12)22(26)27/h3-8H,9H2,1-2H3,(H2,20,21,23,25). The van der Waals surface area contributed by atoms with Crippen molar-refractivity contribution in [2.75, 3.05) is 11.9 Å². The summed E-state index contributed by atoms with van der Waals surface area (Å²) in [5.41, 5.74) is 1.74. The van der Waals surface area contributed by atoms with E-state index in [4.69, 9.17) is 16.3 Å². The highest BCUT2D eigenvalue weighted by atomic mass is 35.5. The summed E-state index contributed by atoms with van der Waals surface area (Å²) in [4.78, 5) is 45.7. The number of esters is 1. The van der Waals surface area contributed by atoms with Gasteiger partial charge in [-0.1, -0.05) is 23.7 Å². The van der Waals surface area contributed by atoms with Crippen LogP contribution in [0, 0.1) is 24.0 Å². The van der Waals surface area contributed by atoms with E-state index in [9.17, 15) is 24.5 Å². The summed E-state index contributed by atoms with van der Waals surface area (Å²) in [6, 6.07) is 7.88. The van der Waals surface area contributed by atoms with Crippen molar-refractivity contribution in [3.8, 4) is 0 Å². The van der Waals surface area contributed by atoms with Crippen molar-refractivity contribution in [3.63, 3.8) is 0 Å². The molecule has 3 amide bonds. The van der Waals surface area contributed by atoms with E-state index < -0.39 is 35.1 Å². The molecule has 0 aliphatic rings. The fraction of sp³-hybridized carbons (Fsp3) is 0.167. The smallest absolute Gasteiger partial charge is 0.338 e. The van der Waals surface area contributed by atoms with Crippen molar-refractivity contribution in [1.82, 2.24) is 5.32 Å². The first-order valence-corrected chi connectivity index (χ1v) is 8.35. The van der Waals surface area contributed by atoms with Crippen molar-refractivity contribution in [3.05, 3.63) is 68.2 Å². The molecule has 2 N–H and O–H groups in total. The number of amides is 3. The van der Waals surface area contributed by atoms with Gasteiger partial charge in [0.2, 0.25) is 0 Å². The Kier molecular flexibility index (Phi) is 6.67. The highest BCUT2D eigenvalue weighted by molar-refractivity contribution is 6.32. The summed E-state index contributed by atoms with van der Waals surface area (Å²) >= 11 is 5.67. The summed E-state index contributed by atoms with van der Waals surface area (Å²) in [7, 11) is 0. The van der Waals surface area contributed by atoms with Crippen LogP contribution in [0.1, 0.15) is 21.5 Å². The lowest BCUT2D eigenvalue weighted by Gasteiger charge is -2.11. The maximum Gasteiger partial charge on any atom is 0.338 e. The Labute approximate surface area is 164 Å². The third-order valence-electron chi connectivity index (χ3n) is 3.82. The van der Waals surface area contributed by atoms with Gasteiger partial charge in [0.25, 0.3) is 11.6 Å². The first-order valence-electron chi connectivity index (χ1n) is 7.97. The van der Waals surface area contributed by atoms with Crippen LogP contribution in [-0.4, -0.2) is 29.4 Å². The van der Waals surface area contributed by atoms with Crippen molar-refractivity contribution < 1.29 is 24.0 Å². The van der Waals surface area contributed by atoms with E-state index in [0.717, 1.165) is 17.2 Å². The molecule has 2 aromatic rings. The molecule has 2 aromatic carbocycles. The molecule has 0 unspecified atom stereocenters. The highest BCUT2D eigenvalue weighted by Gasteiger charge is 2.18. The second-order valence-electron chi connectivity index (χ2n) is 5.75. The second kappa shape index (κ2) is 8.96. The Morgan fingerprint density at radius 3 is 2.57 bits per heavy atom. The Balaban J connectivity index is 1.90. The third kappa shape index (κ3) is 5.27. The lowest BCUT2D eigenvalue weighted by Crippen LogP contribution is -2.37. The monoisotopic (exact) mass is 405 g/mol. The maximum atomic E-state index is 11.9. The van der Waals surface area contributed by atoms with Crippen LogP contribution in [-0.2, 0) is 9.53 Å². The molecule has 0 aliphatic heterocycles. The first-order chi connectivity index (χ1) is 13.2. The number of hydrogen-bond donors (Lipinski definition) is 2. The molecule has 10 heteroatoms. The maximum absolute atomic E-state index is 11.9. The van der Waals surface area contributed by atoms with Crippen LogP contribution in [0.15, 0.2) is 36.4 Å². The molecule has 2 rings (SSSR count). The van der Waals surface area contributed by atoms with E-state index >= 15 is 0 Å². The van der Waals surface area contributed by atoms with Crippen LogP contribution in [0.4, 0.5) is 16.2 Å². The fourth-order valence-corrected chi connectivity index (χ4v) is 2.38. The number of halogens is 1. The summed E-state index contributed by atoms with van der Waals surface area (Å²) in [6.07, 6.45) is 0. The van der Waals surface area contributed by atoms with Gasteiger partial charge in [0, 0.05) is 11.8 Å². The van der Waals surface area contributed by atoms with Crippen molar-refractivity contribution >= 4 is 40.9 Å². The molecule has 28 heavy (non-hydrogen) atoms. The quantitative estimate of drug-likeness (QED) is 0.446. The molecule has 0 saturated carbocycles. The average Bonchev–Trinajstić information content (AvgIpc) is 2.63. The van der Waals surface area contributed by atoms with Gasteiger partial charge in [-0.2, -0.15) is 0 Å². The highest BCUT2D eigenvalue weighted by Crippen LogP contribution is 2.25. The van der Waals surface area contributed by atoms with Crippen LogP contribution in [0.3, 0.4) is 0 Å². The number of ether oxygens (including phenoxy) is 1. The first kappa shape index (κ1) is 20.8. The van der Waals surface area contributed by atoms with E-state index in [0.29, 0.717) is 5.69 Å². The molecular weight excluding hydrogens is 390 g/mol. The Bertz CT molecular complexity index is 960. The van der Waals surface area contributed by atoms with Gasteiger partial charge in [-0.05, 0) is 43.2 Å². The fourth-order valence-electron chi connectivity index (χ4n) is 2.20. The van der Waals surface area contributed by atoms with Gasteiger partial charge < -0.3 is 10.1 Å². The lowest BCUT2D eigenvalue weighted by molar-refractivity contribution is -0.384. The molecule has 146 valence electrons. The van der Waals surface area contributed by atoms with Crippen molar-refractivity contribution in [2.45, 2.75) is 13.8 Å². The minimum absolute atomic E-state index is 0.137. The molecule has 0 bridgehead atoms. The number of nitro groups is 1. The second-order valence-corrected chi connectivity index (χ2v) is 6.16. The number of nitro benzene ring substituents is 1. The SMILES string of the molecule is Cc1cccc(NC(=O)NC(=O)COC(=O)c2ccc(Cl)c([N+](=O)[O-])c2)c1C. The van der Waals surface area contributed by atoms with E-state index in [-0.39, 0.29) is 10.6 Å². The number of imide groups is 1. The summed E-state index contributed by atoms with van der Waals surface area (Å²) < 4.78 is 4.76. The zero-order valence-electron chi connectivity index (χ0n) is 14.9. The number of aryl methyl sites for hydroxylation is 1. The number of hydrogen-bond acceptors (Lipinski definition) is 6. The number of urea groups is 1. The van der Waals surface area contributed by atoms with Gasteiger partial charge in [-0.25, -0.2) is 9.59 Å². The molecule has 9 nitrogen and oxygen atoms in total. The molecule has 0 saturated heterocycles. The van der Waals surface area contributed by atoms with Gasteiger partial charge in [0.05, 0.1) is 10.5 Å². The van der Waals surface area contributed by atoms with E-state index in [1.54, 1.807) is 12.1 Å². The lowest BCUT2D eigenvalue weighted by atomic mass is 10.1. The minimum Gasteiger partial charge on any atom is -0.452 e. The Hall–Kier alpha value is -3.46. The van der Waals surface area contributed by atoms with Gasteiger partial charge in [0.1, 0.15) is 5.02 Å². The molecular formula is C18H16ClN3O6. The summed E-state index contributed by atoms with van der Waals surface area (Å²) in [5, 5.41) is 15.3. The zero-order valence-corrected chi connectivity index (χ0v) is 15.7. The number of carbonyl (C=O) groups is 3. The Morgan fingerprint density at radius 2 is 1.89 bits per heavy atom. The molecule has 0 atom stereocenters. The van der Waals surface area contributed by atoms with Crippen LogP contribution in [0.5, 0.6) is 0 Å². The van der Waals surface area contributed by atoms with Crippen LogP contribution in [0.2, 0.25) is 5.02 Å². The zero-order chi connectivity index (χ0) is 20.8. The number of anilines is 1.